The van der Waals surface area contributed by atoms with E-state index in [1.165, 1.54) is 19.2 Å². The molecule has 0 radical (unpaired) electrons. The highest BCUT2D eigenvalue weighted by molar-refractivity contribution is 5.77. The van der Waals surface area contributed by atoms with Crippen LogP contribution in [0, 0.1) is 17.3 Å². The summed E-state index contributed by atoms with van der Waals surface area (Å²) in [5, 5.41) is 13.5. The highest BCUT2D eigenvalue weighted by Gasteiger charge is 2.39. The van der Waals surface area contributed by atoms with Crippen molar-refractivity contribution < 1.29 is 9.32 Å². The third-order valence-electron chi connectivity index (χ3n) is 4.71. The molecule has 2 heterocycles. The molecule has 25 heavy (non-hydrogen) atoms. The number of carbonyl (C=O) groups is 1. The lowest BCUT2D eigenvalue weighted by Crippen LogP contribution is -2.33. The fraction of sp³-hybridized carbons (Fsp3) is 0.706. The highest BCUT2D eigenvalue weighted by atomic mass is 16.5. The minimum Gasteiger partial charge on any atom is -0.344 e. The molecule has 0 saturated heterocycles. The SMILES string of the molecule is CC(C)CC(NC(=O)CC(C)(C)C1CC1)c1nc(-c2ncn[nH]2)no1. The van der Waals surface area contributed by atoms with E-state index in [0.29, 0.717) is 35.8 Å². The second-order valence-corrected chi connectivity index (χ2v) is 7.98. The van der Waals surface area contributed by atoms with Crippen molar-refractivity contribution in [1.82, 2.24) is 30.6 Å². The van der Waals surface area contributed by atoms with Gasteiger partial charge in [-0.3, -0.25) is 9.89 Å². The van der Waals surface area contributed by atoms with Gasteiger partial charge in [0.2, 0.25) is 17.6 Å². The molecule has 1 aliphatic carbocycles. The van der Waals surface area contributed by atoms with Crippen LogP contribution in [0.2, 0.25) is 0 Å². The summed E-state index contributed by atoms with van der Waals surface area (Å²) in [5.41, 5.74) is 0.0340. The van der Waals surface area contributed by atoms with E-state index in [2.05, 4.69) is 58.3 Å². The number of H-pyrrole nitrogens is 1. The molecule has 0 spiro atoms. The number of nitrogens with one attached hydrogen (secondary N) is 2. The summed E-state index contributed by atoms with van der Waals surface area (Å²) in [4.78, 5) is 21.0. The van der Waals surface area contributed by atoms with Crippen molar-refractivity contribution in [3.05, 3.63) is 12.2 Å². The van der Waals surface area contributed by atoms with Gasteiger partial charge in [0, 0.05) is 6.42 Å². The third kappa shape index (κ3) is 4.43. The number of aromatic nitrogens is 5. The lowest BCUT2D eigenvalue weighted by molar-refractivity contribution is -0.124. The predicted molar refractivity (Wildman–Crippen MR) is 91.1 cm³/mol. The van der Waals surface area contributed by atoms with Crippen molar-refractivity contribution >= 4 is 5.91 Å². The Labute approximate surface area is 147 Å². The van der Waals surface area contributed by atoms with Gasteiger partial charge in [-0.15, -0.1) is 0 Å². The first kappa shape index (κ1) is 17.6. The van der Waals surface area contributed by atoms with Gasteiger partial charge in [0.1, 0.15) is 12.4 Å². The maximum atomic E-state index is 12.6. The van der Waals surface area contributed by atoms with Gasteiger partial charge in [0.25, 0.3) is 0 Å². The molecule has 136 valence electrons. The zero-order chi connectivity index (χ0) is 18.0. The van der Waals surface area contributed by atoms with Crippen LogP contribution in [-0.2, 0) is 4.79 Å². The molecule has 1 unspecified atom stereocenters. The summed E-state index contributed by atoms with van der Waals surface area (Å²) in [6, 6.07) is -0.299. The molecule has 1 saturated carbocycles. The molecule has 0 aromatic carbocycles. The third-order valence-corrected chi connectivity index (χ3v) is 4.71. The van der Waals surface area contributed by atoms with E-state index in [0.717, 1.165) is 6.42 Å². The Kier molecular flexibility index (Phi) is 4.87. The number of hydrogen-bond donors (Lipinski definition) is 2. The fourth-order valence-corrected chi connectivity index (χ4v) is 3.15. The topological polar surface area (TPSA) is 110 Å². The second-order valence-electron chi connectivity index (χ2n) is 7.98. The molecule has 1 amide bonds. The Morgan fingerprint density at radius 1 is 1.44 bits per heavy atom. The van der Waals surface area contributed by atoms with Crippen LogP contribution >= 0.6 is 0 Å². The Morgan fingerprint density at radius 2 is 2.20 bits per heavy atom. The van der Waals surface area contributed by atoms with Crippen LogP contribution in [0.4, 0.5) is 0 Å². The van der Waals surface area contributed by atoms with E-state index in [-0.39, 0.29) is 17.4 Å². The van der Waals surface area contributed by atoms with Crippen LogP contribution in [0.1, 0.15) is 65.3 Å². The van der Waals surface area contributed by atoms with E-state index in [9.17, 15) is 4.79 Å². The summed E-state index contributed by atoms with van der Waals surface area (Å²) in [5.74, 6) is 2.25. The monoisotopic (exact) mass is 346 g/mol. The van der Waals surface area contributed by atoms with Gasteiger partial charge in [-0.1, -0.05) is 32.9 Å². The number of aromatic amines is 1. The van der Waals surface area contributed by atoms with Crippen LogP contribution in [-0.4, -0.2) is 31.2 Å². The van der Waals surface area contributed by atoms with Crippen molar-refractivity contribution in [2.45, 2.75) is 59.4 Å². The average molecular weight is 346 g/mol. The number of carbonyl (C=O) groups excluding carboxylic acids is 1. The first-order valence-corrected chi connectivity index (χ1v) is 8.84. The number of nitrogens with zero attached hydrogens (tertiary/aromatic N) is 4. The van der Waals surface area contributed by atoms with Gasteiger partial charge in [0.05, 0.1) is 0 Å². The minimum absolute atomic E-state index is 0.0296. The first-order valence-electron chi connectivity index (χ1n) is 8.84. The fourth-order valence-electron chi connectivity index (χ4n) is 3.15. The molecule has 3 rings (SSSR count). The Morgan fingerprint density at radius 3 is 2.80 bits per heavy atom. The number of amides is 1. The molecule has 2 aromatic rings. The predicted octanol–water partition coefficient (Wildman–Crippen LogP) is 2.88. The quantitative estimate of drug-likeness (QED) is 0.760. The first-order chi connectivity index (χ1) is 11.8. The molecule has 2 aromatic heterocycles. The van der Waals surface area contributed by atoms with Crippen molar-refractivity contribution in [3.63, 3.8) is 0 Å². The van der Waals surface area contributed by atoms with Gasteiger partial charge < -0.3 is 9.84 Å². The standard InChI is InChI=1S/C17H26N6O2/c1-10(2)7-12(20-13(24)8-17(3,4)11-5-6-11)16-21-15(23-25-16)14-18-9-19-22-14/h9-12H,5-8H2,1-4H3,(H,20,24)(H,18,19,22). The van der Waals surface area contributed by atoms with Crippen LogP contribution in [0.5, 0.6) is 0 Å². The number of hydrogen-bond acceptors (Lipinski definition) is 6. The van der Waals surface area contributed by atoms with Crippen molar-refractivity contribution in [1.29, 1.82) is 0 Å². The lowest BCUT2D eigenvalue weighted by Gasteiger charge is -2.25. The number of rotatable bonds is 8. The van der Waals surface area contributed by atoms with E-state index in [4.69, 9.17) is 4.52 Å². The lowest BCUT2D eigenvalue weighted by atomic mass is 9.83. The van der Waals surface area contributed by atoms with E-state index < -0.39 is 0 Å². The summed E-state index contributed by atoms with van der Waals surface area (Å²) >= 11 is 0. The van der Waals surface area contributed by atoms with E-state index in [1.54, 1.807) is 0 Å². The zero-order valence-electron chi connectivity index (χ0n) is 15.2. The van der Waals surface area contributed by atoms with Crippen molar-refractivity contribution in [3.8, 4) is 11.6 Å². The minimum atomic E-state index is -0.299. The maximum absolute atomic E-state index is 12.6. The molecule has 8 heteroatoms. The Bertz CT molecular complexity index is 703. The van der Waals surface area contributed by atoms with E-state index >= 15 is 0 Å². The second kappa shape index (κ2) is 6.93. The van der Waals surface area contributed by atoms with Gasteiger partial charge in [-0.25, -0.2) is 4.98 Å². The largest absolute Gasteiger partial charge is 0.344 e. The zero-order valence-corrected chi connectivity index (χ0v) is 15.2. The average Bonchev–Trinajstić information content (AvgIpc) is 3.06. The van der Waals surface area contributed by atoms with Gasteiger partial charge in [0.15, 0.2) is 5.82 Å². The van der Waals surface area contributed by atoms with E-state index in [1.807, 2.05) is 0 Å². The van der Waals surface area contributed by atoms with Crippen LogP contribution in [0.25, 0.3) is 11.6 Å². The highest BCUT2D eigenvalue weighted by Crippen LogP contribution is 2.47. The summed E-state index contributed by atoms with van der Waals surface area (Å²) in [6.07, 6.45) is 5.07. The van der Waals surface area contributed by atoms with Gasteiger partial charge in [-0.05, 0) is 36.5 Å². The summed E-state index contributed by atoms with van der Waals surface area (Å²) in [7, 11) is 0. The Balaban J connectivity index is 1.70. The van der Waals surface area contributed by atoms with Crippen LogP contribution < -0.4 is 5.32 Å². The molecule has 8 nitrogen and oxygen atoms in total. The Hall–Kier alpha value is -2.25. The molecule has 2 N–H and O–H groups in total. The molecule has 0 bridgehead atoms. The molecule has 1 atom stereocenters. The van der Waals surface area contributed by atoms with Crippen LogP contribution in [0.15, 0.2) is 10.9 Å². The molecular formula is C17H26N6O2. The summed E-state index contributed by atoms with van der Waals surface area (Å²) < 4.78 is 5.38. The summed E-state index contributed by atoms with van der Waals surface area (Å²) in [6.45, 7) is 8.52. The van der Waals surface area contributed by atoms with Gasteiger partial charge >= 0.3 is 0 Å². The molecular weight excluding hydrogens is 320 g/mol. The molecule has 1 aliphatic rings. The maximum Gasteiger partial charge on any atom is 0.249 e. The molecule has 0 aliphatic heterocycles. The van der Waals surface area contributed by atoms with Crippen molar-refractivity contribution in [2.24, 2.45) is 17.3 Å². The van der Waals surface area contributed by atoms with Crippen LogP contribution in [0.3, 0.4) is 0 Å². The normalized spacial score (nSPS) is 16.2. The van der Waals surface area contributed by atoms with Crippen molar-refractivity contribution in [2.75, 3.05) is 0 Å². The smallest absolute Gasteiger partial charge is 0.249 e. The van der Waals surface area contributed by atoms with Gasteiger partial charge in [-0.2, -0.15) is 10.1 Å². The molecule has 1 fully saturated rings.